The maximum absolute atomic E-state index is 11.7. The fourth-order valence-electron chi connectivity index (χ4n) is 1.83. The molecular formula is C10H19N3O4. The van der Waals surface area contributed by atoms with Gasteiger partial charge in [0.1, 0.15) is 6.04 Å². The van der Waals surface area contributed by atoms with Crippen molar-refractivity contribution < 1.29 is 19.8 Å². The van der Waals surface area contributed by atoms with Crippen molar-refractivity contribution in [2.45, 2.75) is 25.0 Å². The number of nitrogens with zero attached hydrogens (tertiary/aromatic N) is 1. The summed E-state index contributed by atoms with van der Waals surface area (Å²) in [7, 11) is 1.82. The van der Waals surface area contributed by atoms with Gasteiger partial charge in [-0.2, -0.15) is 0 Å². The number of carbonyl (C=O) groups is 2. The fraction of sp³-hybridized carbons (Fsp3) is 0.800. The third kappa shape index (κ3) is 3.86. The second-order valence-corrected chi connectivity index (χ2v) is 4.08. The van der Waals surface area contributed by atoms with Crippen LogP contribution in [0.1, 0.15) is 12.8 Å². The Morgan fingerprint density at radius 2 is 2.12 bits per heavy atom. The van der Waals surface area contributed by atoms with Crippen molar-refractivity contribution in [3.63, 3.8) is 0 Å². The highest BCUT2D eigenvalue weighted by molar-refractivity contribution is 5.83. The number of aliphatic carboxylic acids is 1. The van der Waals surface area contributed by atoms with Crippen molar-refractivity contribution >= 4 is 12.0 Å². The first-order valence-corrected chi connectivity index (χ1v) is 5.66. The Morgan fingerprint density at radius 1 is 1.41 bits per heavy atom. The highest BCUT2D eigenvalue weighted by Crippen LogP contribution is 2.17. The SMILES string of the molecule is CNCCCNC(=O)N1C[C@H](O)C[C@H]1C(=O)O. The Balaban J connectivity index is 2.41. The quantitative estimate of drug-likeness (QED) is 0.457. The molecule has 17 heavy (non-hydrogen) atoms. The molecule has 1 aliphatic heterocycles. The largest absolute Gasteiger partial charge is 0.480 e. The van der Waals surface area contributed by atoms with Crippen molar-refractivity contribution in [1.82, 2.24) is 15.5 Å². The lowest BCUT2D eigenvalue weighted by Crippen LogP contribution is -2.46. The molecule has 4 N–H and O–H groups in total. The van der Waals surface area contributed by atoms with Crippen LogP contribution in [-0.4, -0.2) is 65.9 Å². The summed E-state index contributed by atoms with van der Waals surface area (Å²) in [6, 6.07) is -1.35. The number of urea groups is 1. The van der Waals surface area contributed by atoms with E-state index in [9.17, 15) is 14.7 Å². The van der Waals surface area contributed by atoms with E-state index >= 15 is 0 Å². The monoisotopic (exact) mass is 245 g/mol. The van der Waals surface area contributed by atoms with Crippen LogP contribution in [-0.2, 0) is 4.79 Å². The molecule has 7 nitrogen and oxygen atoms in total. The standard InChI is InChI=1S/C10H19N3O4/c1-11-3-2-4-12-10(17)13-6-7(14)5-8(13)9(15)16/h7-8,11,14H,2-6H2,1H3,(H,12,17)(H,15,16)/t7-,8+/m1/s1. The first kappa shape index (κ1) is 13.7. The first-order valence-electron chi connectivity index (χ1n) is 5.66. The third-order valence-electron chi connectivity index (χ3n) is 2.70. The van der Waals surface area contributed by atoms with E-state index in [1.807, 2.05) is 7.05 Å². The predicted molar refractivity (Wildman–Crippen MR) is 60.7 cm³/mol. The lowest BCUT2D eigenvalue weighted by molar-refractivity contribution is -0.141. The van der Waals surface area contributed by atoms with Crippen LogP contribution in [0, 0.1) is 0 Å². The topological polar surface area (TPSA) is 102 Å². The Hall–Kier alpha value is -1.34. The number of hydrogen-bond acceptors (Lipinski definition) is 4. The molecule has 0 radical (unpaired) electrons. The number of aliphatic hydroxyl groups is 1. The normalized spacial score (nSPS) is 23.8. The molecule has 0 aromatic rings. The zero-order valence-corrected chi connectivity index (χ0v) is 9.85. The van der Waals surface area contributed by atoms with Crippen LogP contribution in [0.2, 0.25) is 0 Å². The van der Waals surface area contributed by atoms with Crippen LogP contribution in [0.4, 0.5) is 4.79 Å². The minimum atomic E-state index is -1.08. The summed E-state index contributed by atoms with van der Waals surface area (Å²) in [6.07, 6.45) is 0.120. The molecule has 0 aromatic carbocycles. The summed E-state index contributed by atoms with van der Waals surface area (Å²) < 4.78 is 0. The van der Waals surface area contributed by atoms with Crippen LogP contribution >= 0.6 is 0 Å². The molecule has 0 bridgehead atoms. The maximum atomic E-state index is 11.7. The average Bonchev–Trinajstić information content (AvgIpc) is 2.66. The van der Waals surface area contributed by atoms with Gasteiger partial charge in [0.05, 0.1) is 6.10 Å². The maximum Gasteiger partial charge on any atom is 0.326 e. The van der Waals surface area contributed by atoms with Gasteiger partial charge in [0.25, 0.3) is 0 Å². The number of rotatable bonds is 5. The predicted octanol–water partition coefficient (Wildman–Crippen LogP) is -1.17. The van der Waals surface area contributed by atoms with Gasteiger partial charge in [0, 0.05) is 19.5 Å². The lowest BCUT2D eigenvalue weighted by Gasteiger charge is -2.21. The molecule has 0 spiro atoms. The number of carboxylic acid groups (broad SMARTS) is 1. The van der Waals surface area contributed by atoms with Crippen LogP contribution in [0.25, 0.3) is 0 Å². The molecule has 0 aliphatic carbocycles. The summed E-state index contributed by atoms with van der Waals surface area (Å²) in [4.78, 5) is 23.8. The van der Waals surface area contributed by atoms with Crippen LogP contribution in [0.5, 0.6) is 0 Å². The van der Waals surface area contributed by atoms with E-state index in [2.05, 4.69) is 10.6 Å². The van der Waals surface area contributed by atoms with Gasteiger partial charge in [-0.3, -0.25) is 0 Å². The number of nitrogens with one attached hydrogen (secondary N) is 2. The van der Waals surface area contributed by atoms with Crippen molar-refractivity contribution in [3.8, 4) is 0 Å². The Morgan fingerprint density at radius 3 is 2.71 bits per heavy atom. The van der Waals surface area contributed by atoms with E-state index in [-0.39, 0.29) is 13.0 Å². The van der Waals surface area contributed by atoms with Gasteiger partial charge in [-0.15, -0.1) is 0 Å². The van der Waals surface area contributed by atoms with Crippen LogP contribution in [0.3, 0.4) is 0 Å². The van der Waals surface area contributed by atoms with Gasteiger partial charge < -0.3 is 25.7 Å². The number of carbonyl (C=O) groups excluding carboxylic acids is 1. The number of hydrogen-bond donors (Lipinski definition) is 4. The summed E-state index contributed by atoms with van der Waals surface area (Å²) in [5.41, 5.74) is 0. The highest BCUT2D eigenvalue weighted by Gasteiger charge is 2.38. The minimum absolute atomic E-state index is 0.0782. The van der Waals surface area contributed by atoms with E-state index in [1.54, 1.807) is 0 Å². The van der Waals surface area contributed by atoms with Gasteiger partial charge in [-0.25, -0.2) is 9.59 Å². The summed E-state index contributed by atoms with van der Waals surface area (Å²) in [6.45, 7) is 1.35. The summed E-state index contributed by atoms with van der Waals surface area (Å²) in [5.74, 6) is -1.08. The summed E-state index contributed by atoms with van der Waals surface area (Å²) in [5, 5.41) is 23.9. The van der Waals surface area contributed by atoms with Crippen LogP contribution in [0.15, 0.2) is 0 Å². The fourth-order valence-corrected chi connectivity index (χ4v) is 1.83. The molecule has 0 unspecified atom stereocenters. The zero-order valence-electron chi connectivity index (χ0n) is 9.85. The van der Waals surface area contributed by atoms with E-state index in [0.29, 0.717) is 6.54 Å². The number of aliphatic hydroxyl groups excluding tert-OH is 1. The number of likely N-dealkylation sites (tertiary alicyclic amines) is 1. The van der Waals surface area contributed by atoms with Gasteiger partial charge >= 0.3 is 12.0 Å². The van der Waals surface area contributed by atoms with Gasteiger partial charge in [-0.1, -0.05) is 0 Å². The minimum Gasteiger partial charge on any atom is -0.480 e. The average molecular weight is 245 g/mol. The molecule has 2 amide bonds. The Kier molecular flexibility index (Phi) is 5.17. The molecule has 1 rings (SSSR count). The molecule has 1 saturated heterocycles. The molecule has 0 saturated carbocycles. The molecule has 0 aromatic heterocycles. The third-order valence-corrected chi connectivity index (χ3v) is 2.70. The molecule has 1 aliphatic rings. The van der Waals surface area contributed by atoms with E-state index in [1.165, 1.54) is 4.90 Å². The first-order chi connectivity index (χ1) is 8.06. The lowest BCUT2D eigenvalue weighted by atomic mass is 10.2. The van der Waals surface area contributed by atoms with E-state index in [4.69, 9.17) is 5.11 Å². The Labute approximate surface area is 99.8 Å². The van der Waals surface area contributed by atoms with E-state index in [0.717, 1.165) is 13.0 Å². The number of amides is 2. The Bertz CT molecular complexity index is 285. The second-order valence-electron chi connectivity index (χ2n) is 4.08. The molecule has 2 atom stereocenters. The van der Waals surface area contributed by atoms with E-state index < -0.39 is 24.1 Å². The molecule has 1 heterocycles. The zero-order chi connectivity index (χ0) is 12.8. The molecule has 1 fully saturated rings. The van der Waals surface area contributed by atoms with Gasteiger partial charge in [0.2, 0.25) is 0 Å². The van der Waals surface area contributed by atoms with Crippen molar-refractivity contribution in [3.05, 3.63) is 0 Å². The van der Waals surface area contributed by atoms with Crippen molar-refractivity contribution in [2.24, 2.45) is 0 Å². The van der Waals surface area contributed by atoms with Crippen molar-refractivity contribution in [2.75, 3.05) is 26.7 Å². The van der Waals surface area contributed by atoms with Gasteiger partial charge in [-0.05, 0) is 20.0 Å². The van der Waals surface area contributed by atoms with Crippen LogP contribution < -0.4 is 10.6 Å². The smallest absolute Gasteiger partial charge is 0.326 e. The number of carboxylic acids is 1. The van der Waals surface area contributed by atoms with Crippen molar-refractivity contribution in [1.29, 1.82) is 0 Å². The highest BCUT2D eigenvalue weighted by atomic mass is 16.4. The molecular weight excluding hydrogens is 226 g/mol. The summed E-state index contributed by atoms with van der Waals surface area (Å²) >= 11 is 0. The van der Waals surface area contributed by atoms with Gasteiger partial charge in [0.15, 0.2) is 0 Å². The second kappa shape index (κ2) is 6.41. The molecule has 7 heteroatoms. The number of β-amino-alcohol motifs (C(OH)–C–C–N with tert-alkyl or cyclic N) is 1. The molecule has 98 valence electrons.